The van der Waals surface area contributed by atoms with Crippen molar-refractivity contribution in [2.45, 2.75) is 33.2 Å². The number of piperazine rings is 1. The number of nitrogens with zero attached hydrogens (tertiary/aromatic N) is 2. The summed E-state index contributed by atoms with van der Waals surface area (Å²) >= 11 is 0. The van der Waals surface area contributed by atoms with E-state index in [1.807, 2.05) is 20.8 Å². The monoisotopic (exact) mass is 507 g/mol. The highest BCUT2D eigenvalue weighted by atomic mass is 28.4. The molecule has 1 fully saturated rings. The molecule has 9 nitrogen and oxygen atoms in total. The second-order valence-electron chi connectivity index (χ2n) is 7.49. The molecular formula is C20H45N3O6Si3. The lowest BCUT2D eigenvalue weighted by Gasteiger charge is -2.34. The molecule has 0 unspecified atom stereocenters. The van der Waals surface area contributed by atoms with Crippen molar-refractivity contribution in [3.8, 4) is 0 Å². The molecule has 32 heavy (non-hydrogen) atoms. The van der Waals surface area contributed by atoms with E-state index < -0.39 is 17.6 Å². The minimum Gasteiger partial charge on any atom is -0.375 e. The van der Waals surface area contributed by atoms with Gasteiger partial charge in [-0.3, -0.25) is 0 Å². The molecule has 0 aromatic carbocycles. The Hall–Kier alpha value is -0.129. The summed E-state index contributed by atoms with van der Waals surface area (Å²) in [6.07, 6.45) is 4.00. The van der Waals surface area contributed by atoms with Crippen LogP contribution in [-0.2, 0) is 26.6 Å². The first-order chi connectivity index (χ1) is 15.4. The van der Waals surface area contributed by atoms with Crippen molar-refractivity contribution >= 4 is 27.1 Å². The van der Waals surface area contributed by atoms with Gasteiger partial charge in [-0.2, -0.15) is 0 Å². The molecule has 0 saturated carbocycles. The Balaban J connectivity index is 2.64. The van der Waals surface area contributed by atoms with E-state index in [0.29, 0.717) is 29.3 Å². The predicted octanol–water partition coefficient (Wildman–Crippen LogP) is 1.18. The number of hydrogen-bond acceptors (Lipinski definition) is 9. The van der Waals surface area contributed by atoms with Crippen LogP contribution in [0.3, 0.4) is 0 Å². The molecule has 0 spiro atoms. The SMILES string of the molecule is CCO[Si](CCCNC[Si]C(=CN1CCN(C)CC1)[Si](OC)(OC)OC)(OCC)OCC. The molecule has 0 amide bonds. The molecule has 1 N–H and O–H groups in total. The predicted molar refractivity (Wildman–Crippen MR) is 133 cm³/mol. The van der Waals surface area contributed by atoms with Gasteiger partial charge < -0.3 is 41.7 Å². The zero-order chi connectivity index (χ0) is 23.9. The van der Waals surface area contributed by atoms with Gasteiger partial charge in [0.1, 0.15) is 0 Å². The topological polar surface area (TPSA) is 73.9 Å². The summed E-state index contributed by atoms with van der Waals surface area (Å²) in [4.78, 5) is 5.83. The lowest BCUT2D eigenvalue weighted by atomic mass is 10.3. The van der Waals surface area contributed by atoms with Crippen molar-refractivity contribution in [2.75, 3.05) is 87.1 Å². The van der Waals surface area contributed by atoms with Gasteiger partial charge in [-0.05, 0) is 53.2 Å². The lowest BCUT2D eigenvalue weighted by Crippen LogP contribution is -2.50. The van der Waals surface area contributed by atoms with Gasteiger partial charge in [-0.25, -0.2) is 0 Å². The maximum atomic E-state index is 5.94. The van der Waals surface area contributed by atoms with E-state index in [1.54, 1.807) is 21.3 Å². The summed E-state index contributed by atoms with van der Waals surface area (Å²) in [7, 11) is 2.27. The fourth-order valence-corrected chi connectivity index (χ4v) is 10.6. The Morgan fingerprint density at radius 2 is 1.44 bits per heavy atom. The average Bonchev–Trinajstić information content (AvgIpc) is 2.79. The molecule has 1 rings (SSSR count). The van der Waals surface area contributed by atoms with Crippen LogP contribution in [0.15, 0.2) is 11.0 Å². The van der Waals surface area contributed by atoms with Crippen LogP contribution in [-0.4, -0.2) is 124 Å². The van der Waals surface area contributed by atoms with Crippen LogP contribution in [0.2, 0.25) is 6.04 Å². The molecule has 1 aliphatic heterocycles. The largest absolute Gasteiger partial charge is 0.529 e. The summed E-state index contributed by atoms with van der Waals surface area (Å²) in [5.74, 6) is 0. The molecule has 12 heteroatoms. The Labute approximate surface area is 200 Å². The van der Waals surface area contributed by atoms with E-state index in [9.17, 15) is 0 Å². The molecule has 188 valence electrons. The van der Waals surface area contributed by atoms with Crippen LogP contribution >= 0.6 is 0 Å². The molecule has 1 saturated heterocycles. The number of hydrogen-bond donors (Lipinski definition) is 1. The van der Waals surface area contributed by atoms with E-state index in [-0.39, 0.29) is 0 Å². The second kappa shape index (κ2) is 16.5. The molecule has 0 atom stereocenters. The summed E-state index contributed by atoms with van der Waals surface area (Å²) in [6, 6.07) is 0.815. The molecule has 0 bridgehead atoms. The first kappa shape index (κ1) is 29.9. The molecular weight excluding hydrogens is 462 g/mol. The van der Waals surface area contributed by atoms with E-state index >= 15 is 0 Å². The fourth-order valence-electron chi connectivity index (χ4n) is 3.62. The highest BCUT2D eigenvalue weighted by molar-refractivity contribution is 6.83. The van der Waals surface area contributed by atoms with Gasteiger partial charge in [0.25, 0.3) is 0 Å². The maximum Gasteiger partial charge on any atom is 0.529 e. The normalized spacial score (nSPS) is 16.7. The van der Waals surface area contributed by atoms with Crippen molar-refractivity contribution in [3.63, 3.8) is 0 Å². The van der Waals surface area contributed by atoms with Crippen LogP contribution in [0.25, 0.3) is 0 Å². The Kier molecular flexibility index (Phi) is 15.4. The molecule has 1 aliphatic rings. The van der Waals surface area contributed by atoms with Gasteiger partial charge in [0.15, 0.2) is 0 Å². The van der Waals surface area contributed by atoms with Crippen LogP contribution in [0.4, 0.5) is 0 Å². The van der Waals surface area contributed by atoms with E-state index in [1.165, 1.54) is 0 Å². The van der Waals surface area contributed by atoms with E-state index in [0.717, 1.165) is 56.2 Å². The summed E-state index contributed by atoms with van der Waals surface area (Å²) in [6.45, 7) is 12.8. The minimum absolute atomic E-state index is 0.511. The zero-order valence-electron chi connectivity index (χ0n) is 21.2. The second-order valence-corrected chi connectivity index (χ2v) is 14.8. The van der Waals surface area contributed by atoms with Crippen molar-refractivity contribution in [1.29, 1.82) is 0 Å². The summed E-state index contributed by atoms with van der Waals surface area (Å²) in [5, 5.41) is 3.56. The third-order valence-electron chi connectivity index (χ3n) is 5.32. The summed E-state index contributed by atoms with van der Waals surface area (Å²) < 4.78 is 35.2. The molecule has 2 radical (unpaired) electrons. The van der Waals surface area contributed by atoms with Gasteiger partial charge in [0.05, 0.1) is 9.52 Å². The standard InChI is InChI=1S/C20H45N3O6Si3/c1-8-27-31(28-9-2,29-10-3)17-11-12-21-19-30-20(32(24-5,25-6)26-7)18-23-15-13-22(4)14-16-23/h18,21H,8-17,19H2,1-7H3. The maximum absolute atomic E-state index is 5.94. The van der Waals surface area contributed by atoms with Gasteiger partial charge in [0, 0.05) is 78.2 Å². The fraction of sp³-hybridized carbons (Fsp3) is 0.900. The quantitative estimate of drug-likeness (QED) is 0.217. The zero-order valence-corrected chi connectivity index (χ0v) is 24.2. The van der Waals surface area contributed by atoms with Crippen LogP contribution in [0, 0.1) is 0 Å². The van der Waals surface area contributed by atoms with Crippen LogP contribution < -0.4 is 5.32 Å². The molecule has 1 heterocycles. The molecule has 0 aromatic heterocycles. The molecule has 0 aliphatic carbocycles. The third kappa shape index (κ3) is 9.62. The molecule has 0 aromatic rings. The smallest absolute Gasteiger partial charge is 0.375 e. The van der Waals surface area contributed by atoms with Gasteiger partial charge in [-0.1, -0.05) is 0 Å². The van der Waals surface area contributed by atoms with Crippen LogP contribution in [0.1, 0.15) is 27.2 Å². The van der Waals surface area contributed by atoms with E-state index in [4.69, 9.17) is 26.6 Å². The number of likely N-dealkylation sites (N-methyl/N-ethyl adjacent to an activating group) is 1. The Morgan fingerprint density at radius 3 is 1.91 bits per heavy atom. The van der Waals surface area contributed by atoms with Crippen molar-refractivity contribution in [2.24, 2.45) is 0 Å². The van der Waals surface area contributed by atoms with Crippen molar-refractivity contribution in [3.05, 3.63) is 11.0 Å². The Bertz CT molecular complexity index is 496. The van der Waals surface area contributed by atoms with Crippen LogP contribution in [0.5, 0.6) is 0 Å². The average molecular weight is 508 g/mol. The minimum atomic E-state index is -2.85. The summed E-state index contributed by atoms with van der Waals surface area (Å²) in [5.41, 5.74) is 0. The van der Waals surface area contributed by atoms with Crippen molar-refractivity contribution < 1.29 is 26.6 Å². The highest BCUT2D eigenvalue weighted by Crippen LogP contribution is 2.19. The first-order valence-corrected chi connectivity index (χ1v) is 16.5. The van der Waals surface area contributed by atoms with Gasteiger partial charge >= 0.3 is 17.6 Å². The van der Waals surface area contributed by atoms with E-state index in [2.05, 4.69) is 28.4 Å². The van der Waals surface area contributed by atoms with Gasteiger partial charge in [0.2, 0.25) is 0 Å². The number of nitrogens with one attached hydrogen (secondary N) is 1. The Morgan fingerprint density at radius 1 is 0.906 bits per heavy atom. The van der Waals surface area contributed by atoms with Gasteiger partial charge in [-0.15, -0.1) is 0 Å². The third-order valence-corrected chi connectivity index (χ3v) is 13.3. The van der Waals surface area contributed by atoms with Crippen molar-refractivity contribution in [1.82, 2.24) is 15.1 Å². The number of rotatable bonds is 18. The lowest BCUT2D eigenvalue weighted by molar-refractivity contribution is 0.0708. The first-order valence-electron chi connectivity index (χ1n) is 11.6. The highest BCUT2D eigenvalue weighted by Gasteiger charge is 2.43.